The van der Waals surface area contributed by atoms with E-state index in [9.17, 15) is 4.79 Å². The molecule has 2 heterocycles. The Morgan fingerprint density at radius 3 is 2.67 bits per heavy atom. The van der Waals surface area contributed by atoms with Crippen LogP contribution >= 0.6 is 22.9 Å². The number of amides is 1. The third-order valence-corrected chi connectivity index (χ3v) is 4.76. The molecule has 1 amide bonds. The van der Waals surface area contributed by atoms with Gasteiger partial charge in [-0.1, -0.05) is 23.7 Å². The first-order chi connectivity index (χ1) is 11.5. The van der Waals surface area contributed by atoms with Crippen LogP contribution < -0.4 is 5.32 Å². The second kappa shape index (κ2) is 7.61. The summed E-state index contributed by atoms with van der Waals surface area (Å²) in [6, 6.07) is 7.49. The van der Waals surface area contributed by atoms with Gasteiger partial charge in [0.2, 0.25) is 5.91 Å². The number of benzene rings is 1. The molecular weight excluding hydrogens is 346 g/mol. The first-order valence-electron chi connectivity index (χ1n) is 7.89. The monoisotopic (exact) mass is 365 g/mol. The Bertz CT molecular complexity index is 694. The number of hydrogen-bond acceptors (Lipinski definition) is 5. The maximum atomic E-state index is 12.2. The number of hydrogen-bond donors (Lipinski definition) is 1. The molecule has 2 atom stereocenters. The Balaban J connectivity index is 1.58. The first-order valence-corrected chi connectivity index (χ1v) is 9.14. The molecule has 0 aliphatic carbocycles. The van der Waals surface area contributed by atoms with Gasteiger partial charge in [0.1, 0.15) is 0 Å². The van der Waals surface area contributed by atoms with Gasteiger partial charge in [-0.15, -0.1) is 11.3 Å². The molecule has 0 radical (unpaired) electrons. The van der Waals surface area contributed by atoms with E-state index in [-0.39, 0.29) is 18.1 Å². The molecule has 1 aliphatic heterocycles. The Labute approximate surface area is 150 Å². The fraction of sp³-hybridized carbons (Fsp3) is 0.412. The maximum absolute atomic E-state index is 12.2. The molecule has 0 saturated carbocycles. The highest BCUT2D eigenvalue weighted by molar-refractivity contribution is 7.14. The maximum Gasteiger partial charge on any atom is 0.240 e. The number of ether oxygens (including phenoxy) is 1. The SMILES string of the molecule is C[C@@H]1CN(CC(=O)Nc2nc(-c3ccc(Cl)cc3)cs2)C[C@@H](C)O1. The Kier molecular flexibility index (Phi) is 5.50. The standard InChI is InChI=1S/C17H20ClN3O2S/c1-11-7-21(8-12(2)23-11)9-16(22)20-17-19-15(10-24-17)13-3-5-14(18)6-4-13/h3-6,10-12H,7-9H2,1-2H3,(H,19,20,22)/t11-,12-/m1/s1. The zero-order chi connectivity index (χ0) is 17.1. The van der Waals surface area contributed by atoms with Gasteiger partial charge in [0, 0.05) is 29.1 Å². The second-order valence-electron chi connectivity index (χ2n) is 6.04. The molecule has 3 rings (SSSR count). The largest absolute Gasteiger partial charge is 0.373 e. The lowest BCUT2D eigenvalue weighted by atomic mass is 10.2. The van der Waals surface area contributed by atoms with Gasteiger partial charge in [0.15, 0.2) is 5.13 Å². The highest BCUT2D eigenvalue weighted by Gasteiger charge is 2.23. The van der Waals surface area contributed by atoms with E-state index in [0.717, 1.165) is 24.3 Å². The lowest BCUT2D eigenvalue weighted by Crippen LogP contribution is -2.48. The summed E-state index contributed by atoms with van der Waals surface area (Å²) < 4.78 is 5.68. The smallest absolute Gasteiger partial charge is 0.240 e. The molecule has 1 saturated heterocycles. The lowest BCUT2D eigenvalue weighted by Gasteiger charge is -2.34. The minimum atomic E-state index is -0.0479. The van der Waals surface area contributed by atoms with Gasteiger partial charge >= 0.3 is 0 Å². The summed E-state index contributed by atoms with van der Waals surface area (Å²) in [7, 11) is 0. The van der Waals surface area contributed by atoms with Crippen LogP contribution in [0, 0.1) is 0 Å². The van der Waals surface area contributed by atoms with Crippen molar-refractivity contribution in [3.63, 3.8) is 0 Å². The highest BCUT2D eigenvalue weighted by atomic mass is 35.5. The van der Waals surface area contributed by atoms with Gasteiger partial charge in [-0.2, -0.15) is 0 Å². The van der Waals surface area contributed by atoms with Gasteiger partial charge in [0.05, 0.1) is 24.4 Å². The summed E-state index contributed by atoms with van der Waals surface area (Å²) in [6.07, 6.45) is 0.302. The predicted octanol–water partition coefficient (Wildman–Crippen LogP) is 3.51. The molecule has 24 heavy (non-hydrogen) atoms. The van der Waals surface area contributed by atoms with Gasteiger partial charge in [-0.25, -0.2) is 4.98 Å². The molecule has 1 aromatic carbocycles. The van der Waals surface area contributed by atoms with Crippen molar-refractivity contribution < 1.29 is 9.53 Å². The highest BCUT2D eigenvalue weighted by Crippen LogP contribution is 2.26. The second-order valence-corrected chi connectivity index (χ2v) is 7.34. The van der Waals surface area contributed by atoms with E-state index in [1.807, 2.05) is 43.5 Å². The molecule has 128 valence electrons. The quantitative estimate of drug-likeness (QED) is 0.900. The molecule has 1 N–H and O–H groups in total. The zero-order valence-corrected chi connectivity index (χ0v) is 15.2. The zero-order valence-electron chi connectivity index (χ0n) is 13.7. The van der Waals surface area contributed by atoms with Crippen LogP contribution in [0.15, 0.2) is 29.6 Å². The van der Waals surface area contributed by atoms with Crippen molar-refractivity contribution in [1.82, 2.24) is 9.88 Å². The first kappa shape index (κ1) is 17.4. The van der Waals surface area contributed by atoms with Gasteiger partial charge in [-0.3, -0.25) is 9.69 Å². The topological polar surface area (TPSA) is 54.5 Å². The predicted molar refractivity (Wildman–Crippen MR) is 97.6 cm³/mol. The van der Waals surface area contributed by atoms with Crippen LogP contribution in [-0.2, 0) is 9.53 Å². The number of carbonyl (C=O) groups is 1. The fourth-order valence-corrected chi connectivity index (χ4v) is 3.72. The average Bonchev–Trinajstić information content (AvgIpc) is 2.95. The molecule has 1 aliphatic rings. The summed E-state index contributed by atoms with van der Waals surface area (Å²) in [5.74, 6) is -0.0479. The molecule has 0 unspecified atom stereocenters. The summed E-state index contributed by atoms with van der Waals surface area (Å²) in [4.78, 5) is 18.8. The Morgan fingerprint density at radius 1 is 1.33 bits per heavy atom. The molecule has 0 bridgehead atoms. The minimum absolute atomic E-state index is 0.0479. The van der Waals surface area contributed by atoms with Crippen molar-refractivity contribution in [1.29, 1.82) is 0 Å². The number of morpholine rings is 1. The van der Waals surface area contributed by atoms with E-state index >= 15 is 0 Å². The summed E-state index contributed by atoms with van der Waals surface area (Å²) in [6.45, 7) is 5.95. The van der Waals surface area contributed by atoms with Crippen LogP contribution in [0.3, 0.4) is 0 Å². The van der Waals surface area contributed by atoms with E-state index in [0.29, 0.717) is 16.7 Å². The molecule has 1 aromatic heterocycles. The van der Waals surface area contributed by atoms with Crippen molar-refractivity contribution in [2.45, 2.75) is 26.1 Å². The van der Waals surface area contributed by atoms with Crippen molar-refractivity contribution in [2.75, 3.05) is 25.0 Å². The number of rotatable bonds is 4. The number of thiazole rings is 1. The van der Waals surface area contributed by atoms with Crippen LogP contribution in [-0.4, -0.2) is 47.6 Å². The van der Waals surface area contributed by atoms with Crippen molar-refractivity contribution in [3.05, 3.63) is 34.7 Å². The molecule has 5 nitrogen and oxygen atoms in total. The van der Waals surface area contributed by atoms with Gasteiger partial charge in [0.25, 0.3) is 0 Å². The van der Waals surface area contributed by atoms with E-state index in [1.165, 1.54) is 11.3 Å². The molecule has 2 aromatic rings. The molecule has 1 fully saturated rings. The summed E-state index contributed by atoms with van der Waals surface area (Å²) >= 11 is 7.32. The van der Waals surface area contributed by atoms with E-state index in [4.69, 9.17) is 16.3 Å². The van der Waals surface area contributed by atoms with Crippen molar-refractivity contribution in [3.8, 4) is 11.3 Å². The number of nitrogens with zero attached hydrogens (tertiary/aromatic N) is 2. The van der Waals surface area contributed by atoms with Crippen LogP contribution in [0.1, 0.15) is 13.8 Å². The van der Waals surface area contributed by atoms with Crippen LogP contribution in [0.2, 0.25) is 5.02 Å². The van der Waals surface area contributed by atoms with E-state index in [1.54, 1.807) is 0 Å². The molecule has 0 spiro atoms. The number of nitrogens with one attached hydrogen (secondary N) is 1. The van der Waals surface area contributed by atoms with Gasteiger partial charge in [-0.05, 0) is 26.0 Å². The Morgan fingerprint density at radius 2 is 2.00 bits per heavy atom. The summed E-state index contributed by atoms with van der Waals surface area (Å²) in [5, 5.41) is 6.11. The third kappa shape index (κ3) is 4.54. The van der Waals surface area contributed by atoms with Gasteiger partial charge < -0.3 is 10.1 Å². The molecular formula is C17H20ClN3O2S. The summed E-state index contributed by atoms with van der Waals surface area (Å²) in [5.41, 5.74) is 1.81. The third-order valence-electron chi connectivity index (χ3n) is 3.75. The number of aromatic nitrogens is 1. The van der Waals surface area contributed by atoms with Crippen molar-refractivity contribution in [2.24, 2.45) is 0 Å². The Hall–Kier alpha value is -1.47. The number of carbonyl (C=O) groups excluding carboxylic acids is 1. The molecule has 7 heteroatoms. The number of anilines is 1. The van der Waals surface area contributed by atoms with E-state index in [2.05, 4.69) is 15.2 Å². The normalized spacial score (nSPS) is 21.6. The number of halogens is 1. The fourth-order valence-electron chi connectivity index (χ4n) is 2.86. The van der Waals surface area contributed by atoms with Crippen molar-refractivity contribution >= 4 is 34.0 Å². The van der Waals surface area contributed by atoms with Crippen LogP contribution in [0.5, 0.6) is 0 Å². The minimum Gasteiger partial charge on any atom is -0.373 e. The van der Waals surface area contributed by atoms with Crippen LogP contribution in [0.25, 0.3) is 11.3 Å². The van der Waals surface area contributed by atoms with E-state index < -0.39 is 0 Å². The van der Waals surface area contributed by atoms with Crippen LogP contribution in [0.4, 0.5) is 5.13 Å². The average molecular weight is 366 g/mol. The lowest BCUT2D eigenvalue weighted by molar-refractivity contribution is -0.121.